The van der Waals surface area contributed by atoms with E-state index in [1.807, 2.05) is 0 Å². The minimum Gasteiger partial charge on any atom is -0.493 e. The maximum absolute atomic E-state index is 12.4. The van der Waals surface area contributed by atoms with Gasteiger partial charge in [0, 0.05) is 28.3 Å². The van der Waals surface area contributed by atoms with Crippen molar-refractivity contribution in [2.45, 2.75) is 55.7 Å². The fourth-order valence-electron chi connectivity index (χ4n) is 7.43. The lowest BCUT2D eigenvalue weighted by Gasteiger charge is -2.12. The minimum absolute atomic E-state index is 0. The summed E-state index contributed by atoms with van der Waals surface area (Å²) in [6.07, 6.45) is 1.37. The van der Waals surface area contributed by atoms with Crippen LogP contribution in [0, 0.1) is 32.1 Å². The summed E-state index contributed by atoms with van der Waals surface area (Å²) in [4.78, 5) is 8.13. The number of benzene rings is 5. The van der Waals surface area contributed by atoms with E-state index in [4.69, 9.17) is 30.0 Å². The van der Waals surface area contributed by atoms with Gasteiger partial charge in [-0.15, -0.1) is 74.2 Å². The molecule has 30 nitrogen and oxygen atoms in total. The quantitative estimate of drug-likeness (QED) is 0.0175. The van der Waals surface area contributed by atoms with E-state index in [1.165, 1.54) is 29.0 Å². The lowest BCUT2D eigenvalue weighted by atomic mass is 10.1. The van der Waals surface area contributed by atoms with Gasteiger partial charge in [0.15, 0.2) is 11.3 Å². The van der Waals surface area contributed by atoms with E-state index in [9.17, 15) is 62.3 Å². The van der Waals surface area contributed by atoms with Gasteiger partial charge in [0.1, 0.15) is 33.5 Å². The summed E-state index contributed by atoms with van der Waals surface area (Å²) in [5.74, 6) is -1.31. The highest BCUT2D eigenvalue weighted by Gasteiger charge is 2.24. The van der Waals surface area contributed by atoms with Crippen LogP contribution in [0.15, 0.2) is 118 Å². The molecule has 0 aliphatic carbocycles. The zero-order chi connectivity index (χ0) is 62.6. The maximum atomic E-state index is 12.4. The average Bonchev–Trinajstić information content (AvgIpc) is 1.74. The van der Waals surface area contributed by atoms with Crippen LogP contribution < -0.4 is 4.74 Å². The molecule has 8 rings (SSSR count). The first-order chi connectivity index (χ1) is 39.3. The Bertz CT molecular complexity index is 4710. The summed E-state index contributed by atoms with van der Waals surface area (Å²) in [6, 6.07) is 19.8. The van der Waals surface area contributed by atoms with Crippen LogP contribution in [-0.2, 0) is 61.7 Å². The van der Waals surface area contributed by atoms with Gasteiger partial charge in [-0.25, -0.2) is 9.97 Å². The van der Waals surface area contributed by atoms with Crippen molar-refractivity contribution >= 4 is 168 Å². The molecule has 39 heteroatoms. The standard InChI is InChI=1S/C44H38N10O14S6.CH3Cl.CH4.2O3S/c1-23-16-33(50-52-39-25(3)29(22-45)42-46-30-8-4-5-9-35(30)54(42)43(39)55)36(68-12-6-14-71(56,57)58)20-31(23)48-51-34-17-24(2)32(21-37(34)69-13-7-15-72(59,60)61)49-53-44-47-40-38(74(65,66)67)18-26-10-11-27(73(62,63)64)19-28(26)41(40)70-44;1-2;;2*1-4(2)3/h4-5,8-11,16-21,55H,6-7,12-15H2,1-3H3,(H,56,57,58)(H,59,60,61)(H,62,63,64)(H,65,66,67);1H3;1H4;;. The predicted molar refractivity (Wildman–Crippen MR) is 312 cm³/mol. The van der Waals surface area contributed by atoms with Gasteiger partial charge in [0.25, 0.3) is 40.5 Å². The number of fused-ring (bicyclic) bond motifs is 6. The smallest absolute Gasteiger partial charge is 0.425 e. The lowest BCUT2D eigenvalue weighted by Crippen LogP contribution is -2.08. The number of imidazole rings is 1. The van der Waals surface area contributed by atoms with Gasteiger partial charge in [-0.3, -0.25) is 22.6 Å². The first-order valence-electron chi connectivity index (χ1n) is 22.7. The van der Waals surface area contributed by atoms with E-state index in [1.54, 1.807) is 57.2 Å². The fraction of sp³-hybridized carbons (Fsp3) is 0.239. The van der Waals surface area contributed by atoms with Crippen LogP contribution in [0.1, 0.15) is 42.5 Å². The number of hydrogen-bond donors (Lipinski definition) is 5. The molecule has 0 bridgehead atoms. The summed E-state index contributed by atoms with van der Waals surface area (Å²) in [5, 5.41) is 48.2. The van der Waals surface area contributed by atoms with Crippen LogP contribution in [0.2, 0.25) is 0 Å². The van der Waals surface area contributed by atoms with Crippen molar-refractivity contribution in [3.05, 3.63) is 95.1 Å². The summed E-state index contributed by atoms with van der Waals surface area (Å²) < 4.78 is 191. The highest BCUT2D eigenvalue weighted by Crippen LogP contribution is 2.44. The Balaban J connectivity index is 0.00000131. The van der Waals surface area contributed by atoms with E-state index < -0.39 is 83.0 Å². The summed E-state index contributed by atoms with van der Waals surface area (Å²) in [5.41, 5.74) is 3.16. The van der Waals surface area contributed by atoms with Crippen LogP contribution in [0.25, 0.3) is 37.7 Å². The van der Waals surface area contributed by atoms with Crippen LogP contribution in [0.3, 0.4) is 0 Å². The number of nitrogens with zero attached hydrogens (tertiary/aromatic N) is 10. The Morgan fingerprint density at radius 3 is 1.87 bits per heavy atom. The third-order valence-electron chi connectivity index (χ3n) is 11.0. The Labute approximate surface area is 500 Å². The van der Waals surface area contributed by atoms with Gasteiger partial charge >= 0.3 is 21.2 Å². The van der Waals surface area contributed by atoms with E-state index >= 15 is 0 Å². The number of halogens is 1. The van der Waals surface area contributed by atoms with E-state index in [-0.39, 0.29) is 116 Å². The number of ether oxygens (including phenoxy) is 1. The van der Waals surface area contributed by atoms with Crippen molar-refractivity contribution in [2.24, 2.45) is 30.7 Å². The number of thioether (sulfide) groups is 1. The first kappa shape index (κ1) is 70.1. The van der Waals surface area contributed by atoms with E-state index in [0.717, 1.165) is 41.3 Å². The number of aromatic nitrogens is 3. The number of pyridine rings is 1. The zero-order valence-corrected chi connectivity index (χ0v) is 50.4. The Kier molecular flexibility index (Phi) is 24.4. The van der Waals surface area contributed by atoms with Crippen molar-refractivity contribution in [1.29, 1.82) is 5.26 Å². The van der Waals surface area contributed by atoms with Gasteiger partial charge in [0.2, 0.25) is 11.0 Å². The van der Waals surface area contributed by atoms with Gasteiger partial charge in [-0.2, -0.15) is 44.0 Å². The molecule has 0 radical (unpaired) electrons. The summed E-state index contributed by atoms with van der Waals surface area (Å²) >= 11 is 6.60. The van der Waals surface area contributed by atoms with Crippen molar-refractivity contribution in [1.82, 2.24) is 14.4 Å². The molecule has 0 aliphatic heterocycles. The van der Waals surface area contributed by atoms with Crippen LogP contribution in [-0.4, -0.2) is 127 Å². The van der Waals surface area contributed by atoms with Gasteiger partial charge in [0.05, 0.1) is 55.8 Å². The molecule has 5 aromatic carbocycles. The molecule has 0 unspecified atom stereocenters. The highest BCUT2D eigenvalue weighted by molar-refractivity contribution is 7.99. The second kappa shape index (κ2) is 29.6. The average molecular weight is 1350 g/mol. The molecule has 0 atom stereocenters. The molecule has 0 aliphatic rings. The third-order valence-corrected chi connectivity index (χ3v) is 16.4. The monoisotopic (exact) mass is 1350 g/mol. The van der Waals surface area contributed by atoms with Crippen molar-refractivity contribution in [3.8, 4) is 17.7 Å². The number of aromatic hydroxyl groups is 1. The third kappa shape index (κ3) is 19.1. The second-order valence-electron chi connectivity index (χ2n) is 16.6. The molecule has 85 heavy (non-hydrogen) atoms. The normalized spacial score (nSPS) is 11.9. The number of nitriles is 1. The molecule has 0 amide bonds. The van der Waals surface area contributed by atoms with Gasteiger partial charge < -0.3 is 9.84 Å². The van der Waals surface area contributed by atoms with Crippen LogP contribution in [0.4, 0.5) is 33.6 Å². The molecular formula is C46H45ClN10O20S8. The highest BCUT2D eigenvalue weighted by atomic mass is 35.5. The summed E-state index contributed by atoms with van der Waals surface area (Å²) in [6.45, 7) is 4.69. The van der Waals surface area contributed by atoms with Crippen molar-refractivity contribution in [3.63, 3.8) is 0 Å². The minimum atomic E-state index is -4.86. The number of rotatable bonds is 18. The van der Waals surface area contributed by atoms with Crippen molar-refractivity contribution in [2.75, 3.05) is 30.2 Å². The van der Waals surface area contributed by atoms with Crippen LogP contribution >= 0.6 is 34.7 Å². The SMILES string of the molecule is C.CCl.Cc1cc(N=Nc2cc(OCCCS(=O)(=O)O)c(N=Nc3c(C)c(C#N)c4nc5ccccc5n4c3O)cc2C)c(SCCCS(=O)(=O)O)cc1N=Nc1nc2c(S(=O)(=O)O)cc3ccc(S(=O)(=O)O)cc3c2s1.O=S(=O)=O.O=S(=O)=O. The van der Waals surface area contributed by atoms with Crippen LogP contribution in [0.5, 0.6) is 11.6 Å². The number of aryl methyl sites for hydroxylation is 2. The Morgan fingerprint density at radius 2 is 1.27 bits per heavy atom. The fourth-order valence-corrected chi connectivity index (χ4v) is 11.7. The molecule has 0 fully saturated rings. The molecule has 3 heterocycles. The largest absolute Gasteiger partial charge is 0.493 e. The molecule has 0 saturated heterocycles. The molecule has 0 spiro atoms. The zero-order valence-electron chi connectivity index (χ0n) is 43.1. The molecule has 0 saturated carbocycles. The summed E-state index contributed by atoms with van der Waals surface area (Å²) in [7, 11) is -24.4. The Morgan fingerprint density at radius 1 is 0.706 bits per heavy atom. The number of azo groups is 3. The van der Waals surface area contributed by atoms with E-state index in [2.05, 4.69) is 58.3 Å². The van der Waals surface area contributed by atoms with Crippen molar-refractivity contribution < 1.29 is 87.0 Å². The Hall–Kier alpha value is -7.39. The molecule has 5 N–H and O–H groups in total. The number of para-hydroxylation sites is 2. The lowest BCUT2D eigenvalue weighted by molar-refractivity contribution is 0.317. The molecular weight excluding hydrogens is 1300 g/mol. The predicted octanol–water partition coefficient (Wildman–Crippen LogP) is 10.0. The van der Waals surface area contributed by atoms with Gasteiger partial charge in [-0.1, -0.05) is 37.0 Å². The second-order valence-corrected chi connectivity index (χ2v) is 25.5. The van der Waals surface area contributed by atoms with Gasteiger partial charge in [-0.05, 0) is 104 Å². The molecule has 454 valence electrons. The molecule has 8 aromatic rings. The maximum Gasteiger partial charge on any atom is 0.425 e. The number of alkyl halides is 1. The number of thiazole rings is 1. The topological polar surface area (TPSA) is 477 Å². The van der Waals surface area contributed by atoms with E-state index in [0.29, 0.717) is 27.1 Å². The molecule has 3 aromatic heterocycles. The number of hydrogen-bond acceptors (Lipinski definition) is 27. The first-order valence-corrected chi connectivity index (χ1v) is 33.4.